The third kappa shape index (κ3) is 4.52. The smallest absolute Gasteiger partial charge is 0.338 e. The van der Waals surface area contributed by atoms with Crippen molar-refractivity contribution < 1.29 is 28.2 Å². The number of furan rings is 1. The molecule has 2 aromatic rings. The summed E-state index contributed by atoms with van der Waals surface area (Å²) in [5.74, 6) is 0.599. The molecule has 1 amide bonds. The molecule has 0 aliphatic rings. The second-order valence-electron chi connectivity index (χ2n) is 5.01. The zero-order valence-corrected chi connectivity index (χ0v) is 13.8. The fraction of sp³-hybridized carbons (Fsp3) is 0.294. The number of methoxy groups -OCH3 is 2. The number of esters is 1. The third-order valence-corrected chi connectivity index (χ3v) is 3.31. The molecular weight excluding hydrogens is 314 g/mol. The molecule has 1 heterocycles. The summed E-state index contributed by atoms with van der Waals surface area (Å²) in [5, 5.41) is 0. The second-order valence-corrected chi connectivity index (χ2v) is 5.01. The number of benzene rings is 1. The standard InChI is InChI=1S/C17H19NO6/c1-18(10-13-5-4-6-23-13)16(19)11-24-17(20)12-7-14(21-2)9-15(8-12)22-3/h4-9H,10-11H2,1-3H3. The largest absolute Gasteiger partial charge is 0.497 e. The van der Waals surface area contributed by atoms with Crippen LogP contribution in [0.25, 0.3) is 0 Å². The van der Waals surface area contributed by atoms with E-state index in [1.54, 1.807) is 25.2 Å². The van der Waals surface area contributed by atoms with Gasteiger partial charge in [0.05, 0.1) is 32.6 Å². The van der Waals surface area contributed by atoms with Crippen LogP contribution in [0, 0.1) is 0 Å². The van der Waals surface area contributed by atoms with E-state index < -0.39 is 5.97 Å². The lowest BCUT2D eigenvalue weighted by atomic mass is 10.2. The maximum atomic E-state index is 12.1. The van der Waals surface area contributed by atoms with Crippen molar-refractivity contribution in [3.8, 4) is 11.5 Å². The molecule has 0 aliphatic heterocycles. The van der Waals surface area contributed by atoms with E-state index >= 15 is 0 Å². The lowest BCUT2D eigenvalue weighted by Crippen LogP contribution is -2.30. The zero-order valence-electron chi connectivity index (χ0n) is 13.8. The van der Waals surface area contributed by atoms with Crippen LogP contribution in [-0.4, -0.2) is 44.7 Å². The molecule has 7 heteroatoms. The molecule has 0 fully saturated rings. The molecular formula is C17H19NO6. The molecule has 1 aromatic carbocycles. The van der Waals surface area contributed by atoms with Gasteiger partial charge in [0.2, 0.25) is 0 Å². The van der Waals surface area contributed by atoms with Gasteiger partial charge in [-0.05, 0) is 24.3 Å². The minimum Gasteiger partial charge on any atom is -0.497 e. The molecule has 0 spiro atoms. The monoisotopic (exact) mass is 333 g/mol. The molecule has 0 unspecified atom stereocenters. The molecule has 0 atom stereocenters. The van der Waals surface area contributed by atoms with Gasteiger partial charge in [-0.25, -0.2) is 4.79 Å². The van der Waals surface area contributed by atoms with Gasteiger partial charge in [0.1, 0.15) is 17.3 Å². The van der Waals surface area contributed by atoms with E-state index in [2.05, 4.69) is 0 Å². The van der Waals surface area contributed by atoms with Crippen LogP contribution >= 0.6 is 0 Å². The second kappa shape index (κ2) is 8.05. The van der Waals surface area contributed by atoms with Crippen molar-refractivity contribution in [1.82, 2.24) is 4.90 Å². The maximum absolute atomic E-state index is 12.1. The van der Waals surface area contributed by atoms with Gasteiger partial charge in [0.25, 0.3) is 5.91 Å². The Kier molecular flexibility index (Phi) is 5.83. The summed E-state index contributed by atoms with van der Waals surface area (Å²) in [6, 6.07) is 8.17. The average molecular weight is 333 g/mol. The molecule has 24 heavy (non-hydrogen) atoms. The minimum absolute atomic E-state index is 0.243. The average Bonchev–Trinajstić information content (AvgIpc) is 3.11. The van der Waals surface area contributed by atoms with E-state index in [1.807, 2.05) is 0 Å². The van der Waals surface area contributed by atoms with Gasteiger partial charge in [-0.3, -0.25) is 4.79 Å². The van der Waals surface area contributed by atoms with E-state index in [0.717, 1.165) is 0 Å². The number of hydrogen-bond donors (Lipinski definition) is 0. The molecule has 1 aromatic heterocycles. The predicted octanol–water partition coefficient (Wildman–Crippen LogP) is 2.11. The van der Waals surface area contributed by atoms with Crippen LogP contribution in [0.2, 0.25) is 0 Å². The Labute approximate surface area is 139 Å². The number of ether oxygens (including phenoxy) is 3. The normalized spacial score (nSPS) is 10.1. The van der Waals surface area contributed by atoms with Gasteiger partial charge >= 0.3 is 5.97 Å². The highest BCUT2D eigenvalue weighted by Crippen LogP contribution is 2.23. The number of hydrogen-bond acceptors (Lipinski definition) is 6. The van der Waals surface area contributed by atoms with E-state index in [4.69, 9.17) is 18.6 Å². The summed E-state index contributed by atoms with van der Waals surface area (Å²) in [4.78, 5) is 25.5. The van der Waals surface area contributed by atoms with Crippen LogP contribution in [0.1, 0.15) is 16.1 Å². The van der Waals surface area contributed by atoms with Gasteiger partial charge in [-0.1, -0.05) is 0 Å². The van der Waals surface area contributed by atoms with Crippen molar-refractivity contribution in [2.45, 2.75) is 6.54 Å². The zero-order chi connectivity index (χ0) is 17.5. The fourth-order valence-corrected chi connectivity index (χ4v) is 1.97. The number of carbonyl (C=O) groups is 2. The van der Waals surface area contributed by atoms with Crippen LogP contribution in [0.4, 0.5) is 0 Å². The summed E-state index contributed by atoms with van der Waals surface area (Å²) >= 11 is 0. The first-order chi connectivity index (χ1) is 11.5. The summed E-state index contributed by atoms with van der Waals surface area (Å²) < 4.78 is 20.4. The van der Waals surface area contributed by atoms with Crippen LogP contribution in [0.5, 0.6) is 11.5 Å². The highest BCUT2D eigenvalue weighted by Gasteiger charge is 2.16. The Bertz CT molecular complexity index is 673. The molecule has 0 aliphatic carbocycles. The molecule has 0 N–H and O–H groups in total. The highest BCUT2D eigenvalue weighted by molar-refractivity contribution is 5.92. The number of amides is 1. The SMILES string of the molecule is COc1cc(OC)cc(C(=O)OCC(=O)N(C)Cc2ccco2)c1. The summed E-state index contributed by atoms with van der Waals surface area (Å²) in [7, 11) is 4.57. The number of rotatable bonds is 7. The molecule has 0 bridgehead atoms. The van der Waals surface area contributed by atoms with Crippen molar-refractivity contribution in [3.63, 3.8) is 0 Å². The van der Waals surface area contributed by atoms with Crippen LogP contribution in [0.15, 0.2) is 41.0 Å². The molecule has 7 nitrogen and oxygen atoms in total. The number of carbonyl (C=O) groups excluding carboxylic acids is 2. The molecule has 128 valence electrons. The van der Waals surface area contributed by atoms with Gasteiger partial charge in [0.15, 0.2) is 6.61 Å². The Hall–Kier alpha value is -2.96. The molecule has 0 saturated carbocycles. The van der Waals surface area contributed by atoms with Gasteiger partial charge in [0, 0.05) is 13.1 Å². The lowest BCUT2D eigenvalue weighted by molar-refractivity contribution is -0.133. The topological polar surface area (TPSA) is 78.2 Å². The number of likely N-dealkylation sites (N-methyl/N-ethyl adjacent to an activating group) is 1. The first kappa shape index (κ1) is 17.4. The highest BCUT2D eigenvalue weighted by atomic mass is 16.5. The van der Waals surface area contributed by atoms with Crippen molar-refractivity contribution in [3.05, 3.63) is 47.9 Å². The van der Waals surface area contributed by atoms with Gasteiger partial charge < -0.3 is 23.5 Å². The maximum Gasteiger partial charge on any atom is 0.338 e. The fourth-order valence-electron chi connectivity index (χ4n) is 1.97. The van der Waals surface area contributed by atoms with E-state index in [9.17, 15) is 9.59 Å². The van der Waals surface area contributed by atoms with E-state index in [0.29, 0.717) is 23.8 Å². The quantitative estimate of drug-likeness (QED) is 0.722. The number of nitrogens with zero attached hydrogens (tertiary/aromatic N) is 1. The van der Waals surface area contributed by atoms with Crippen molar-refractivity contribution in [2.75, 3.05) is 27.9 Å². The Morgan fingerprint density at radius 1 is 1.12 bits per heavy atom. The predicted molar refractivity (Wildman–Crippen MR) is 85.0 cm³/mol. The first-order valence-electron chi connectivity index (χ1n) is 7.20. The van der Waals surface area contributed by atoms with Crippen molar-refractivity contribution in [2.24, 2.45) is 0 Å². The Morgan fingerprint density at radius 2 is 1.79 bits per heavy atom. The lowest BCUT2D eigenvalue weighted by Gasteiger charge is -2.15. The van der Waals surface area contributed by atoms with Crippen LogP contribution in [-0.2, 0) is 16.1 Å². The van der Waals surface area contributed by atoms with Crippen LogP contribution in [0.3, 0.4) is 0 Å². The van der Waals surface area contributed by atoms with Crippen molar-refractivity contribution in [1.29, 1.82) is 0 Å². The Morgan fingerprint density at radius 3 is 2.33 bits per heavy atom. The summed E-state index contributed by atoms with van der Waals surface area (Å²) in [6.45, 7) is -0.0636. The van der Waals surface area contributed by atoms with E-state index in [-0.39, 0.29) is 18.1 Å². The molecule has 0 saturated heterocycles. The first-order valence-corrected chi connectivity index (χ1v) is 7.20. The third-order valence-electron chi connectivity index (χ3n) is 3.31. The molecule has 2 rings (SSSR count). The van der Waals surface area contributed by atoms with E-state index in [1.165, 1.54) is 37.5 Å². The van der Waals surface area contributed by atoms with Gasteiger partial charge in [-0.2, -0.15) is 0 Å². The summed E-state index contributed by atoms with van der Waals surface area (Å²) in [6.07, 6.45) is 1.53. The Balaban J connectivity index is 1.93. The van der Waals surface area contributed by atoms with Gasteiger partial charge in [-0.15, -0.1) is 0 Å². The summed E-state index contributed by atoms with van der Waals surface area (Å²) in [5.41, 5.74) is 0.243. The van der Waals surface area contributed by atoms with Crippen LogP contribution < -0.4 is 9.47 Å². The van der Waals surface area contributed by atoms with Crippen molar-refractivity contribution >= 4 is 11.9 Å². The minimum atomic E-state index is -0.632. The molecule has 0 radical (unpaired) electrons.